The van der Waals surface area contributed by atoms with Crippen LogP contribution in [0.5, 0.6) is 0 Å². The maximum absolute atomic E-state index is 12.0. The number of rotatable bonds is 6. The van der Waals surface area contributed by atoms with Gasteiger partial charge in [-0.3, -0.25) is 9.48 Å². The number of hydrogen-bond donors (Lipinski definition) is 1. The quantitative estimate of drug-likeness (QED) is 0.830. The van der Waals surface area contributed by atoms with Crippen molar-refractivity contribution in [2.24, 2.45) is 12.5 Å². The number of nitrogens with zero attached hydrogens (tertiary/aromatic N) is 2. The second-order valence-electron chi connectivity index (χ2n) is 5.01. The van der Waals surface area contributed by atoms with Crippen LogP contribution < -0.4 is 5.32 Å². The first kappa shape index (κ1) is 13.1. The zero-order valence-electron chi connectivity index (χ0n) is 11.1. The van der Waals surface area contributed by atoms with Gasteiger partial charge in [0.05, 0.1) is 6.61 Å². The van der Waals surface area contributed by atoms with E-state index in [1.54, 1.807) is 24.0 Å². The van der Waals surface area contributed by atoms with Gasteiger partial charge in [0.25, 0.3) is 5.91 Å². The van der Waals surface area contributed by atoms with Crippen LogP contribution >= 0.6 is 0 Å². The van der Waals surface area contributed by atoms with Gasteiger partial charge in [0.2, 0.25) is 0 Å². The second kappa shape index (κ2) is 5.52. The van der Waals surface area contributed by atoms with Gasteiger partial charge in [0, 0.05) is 31.8 Å². The molecule has 0 bridgehead atoms. The average Bonchev–Trinajstić information content (AvgIpc) is 2.73. The first-order valence-electron chi connectivity index (χ1n) is 6.51. The molecule has 5 nitrogen and oxygen atoms in total. The topological polar surface area (TPSA) is 56.1 Å². The van der Waals surface area contributed by atoms with E-state index >= 15 is 0 Å². The molecule has 2 rings (SSSR count). The van der Waals surface area contributed by atoms with Crippen molar-refractivity contribution in [3.63, 3.8) is 0 Å². The van der Waals surface area contributed by atoms with E-state index in [-0.39, 0.29) is 11.3 Å². The minimum absolute atomic E-state index is 0.0576. The van der Waals surface area contributed by atoms with Gasteiger partial charge in [-0.1, -0.05) is 6.42 Å². The van der Waals surface area contributed by atoms with Crippen LogP contribution in [0.2, 0.25) is 0 Å². The third-order valence-electron chi connectivity index (χ3n) is 3.70. The third-order valence-corrected chi connectivity index (χ3v) is 3.70. The van der Waals surface area contributed by atoms with Crippen molar-refractivity contribution < 1.29 is 9.53 Å². The highest BCUT2D eigenvalue weighted by Crippen LogP contribution is 2.40. The summed E-state index contributed by atoms with van der Waals surface area (Å²) in [6.07, 6.45) is 5.14. The molecule has 1 fully saturated rings. The molecule has 1 aromatic heterocycles. The van der Waals surface area contributed by atoms with Gasteiger partial charge in [-0.15, -0.1) is 0 Å². The summed E-state index contributed by atoms with van der Waals surface area (Å²) in [5.41, 5.74) is 0.755. The molecule has 1 saturated carbocycles. The van der Waals surface area contributed by atoms with E-state index in [4.69, 9.17) is 4.74 Å². The predicted molar refractivity (Wildman–Crippen MR) is 68.3 cm³/mol. The number of nitrogens with one attached hydrogen (secondary N) is 1. The van der Waals surface area contributed by atoms with E-state index in [2.05, 4.69) is 10.4 Å². The predicted octanol–water partition coefficient (Wildman–Crippen LogP) is 1.36. The summed E-state index contributed by atoms with van der Waals surface area (Å²) in [7, 11) is 1.77. The first-order valence-corrected chi connectivity index (χ1v) is 6.51. The highest BCUT2D eigenvalue weighted by Gasteiger charge is 2.37. The zero-order chi connectivity index (χ0) is 13.0. The van der Waals surface area contributed by atoms with Crippen molar-refractivity contribution in [3.8, 4) is 0 Å². The van der Waals surface area contributed by atoms with Crippen LogP contribution in [0.3, 0.4) is 0 Å². The number of aromatic nitrogens is 2. The molecule has 1 aliphatic rings. The summed E-state index contributed by atoms with van der Waals surface area (Å²) in [5, 5.41) is 6.99. The maximum Gasteiger partial charge on any atom is 0.269 e. The van der Waals surface area contributed by atoms with Crippen molar-refractivity contribution in [1.29, 1.82) is 0 Å². The lowest BCUT2D eigenvalue weighted by molar-refractivity contribution is -0.000241. The number of hydrogen-bond acceptors (Lipinski definition) is 3. The molecule has 100 valence electrons. The summed E-state index contributed by atoms with van der Waals surface area (Å²) in [5.74, 6) is -0.0576. The Bertz CT molecular complexity index is 410. The van der Waals surface area contributed by atoms with Gasteiger partial charge in [-0.25, -0.2) is 0 Å². The molecule has 0 spiro atoms. The van der Waals surface area contributed by atoms with Gasteiger partial charge < -0.3 is 10.1 Å². The molecule has 0 radical (unpaired) electrons. The number of aryl methyl sites for hydroxylation is 1. The molecule has 1 heterocycles. The fraction of sp³-hybridized carbons (Fsp3) is 0.692. The molecular weight excluding hydrogens is 230 g/mol. The lowest BCUT2D eigenvalue weighted by Gasteiger charge is -2.41. The molecule has 1 amide bonds. The Morgan fingerprint density at radius 3 is 2.89 bits per heavy atom. The van der Waals surface area contributed by atoms with Crippen molar-refractivity contribution in [2.75, 3.05) is 19.8 Å². The molecule has 0 saturated heterocycles. The minimum atomic E-state index is -0.0576. The Hall–Kier alpha value is -1.36. The van der Waals surface area contributed by atoms with Crippen LogP contribution in [0.4, 0.5) is 0 Å². The van der Waals surface area contributed by atoms with Crippen molar-refractivity contribution in [3.05, 3.63) is 18.0 Å². The van der Waals surface area contributed by atoms with Gasteiger partial charge in [-0.2, -0.15) is 5.10 Å². The smallest absolute Gasteiger partial charge is 0.269 e. The Morgan fingerprint density at radius 2 is 2.39 bits per heavy atom. The fourth-order valence-corrected chi connectivity index (χ4v) is 2.32. The highest BCUT2D eigenvalue weighted by molar-refractivity contribution is 5.92. The number of carbonyl (C=O) groups is 1. The molecule has 0 aromatic carbocycles. The monoisotopic (exact) mass is 251 g/mol. The minimum Gasteiger partial charge on any atom is -0.381 e. The van der Waals surface area contributed by atoms with Crippen LogP contribution in [0.25, 0.3) is 0 Å². The van der Waals surface area contributed by atoms with Crippen LogP contribution in [-0.2, 0) is 11.8 Å². The number of amides is 1. The Kier molecular flexibility index (Phi) is 4.01. The fourth-order valence-electron chi connectivity index (χ4n) is 2.32. The zero-order valence-corrected chi connectivity index (χ0v) is 11.1. The second-order valence-corrected chi connectivity index (χ2v) is 5.01. The Morgan fingerprint density at radius 1 is 1.61 bits per heavy atom. The van der Waals surface area contributed by atoms with Crippen molar-refractivity contribution >= 4 is 5.91 Å². The van der Waals surface area contributed by atoms with E-state index < -0.39 is 0 Å². The molecule has 0 atom stereocenters. The summed E-state index contributed by atoms with van der Waals surface area (Å²) < 4.78 is 7.11. The molecule has 1 aromatic rings. The molecule has 1 N–H and O–H groups in total. The molecule has 0 unspecified atom stereocenters. The van der Waals surface area contributed by atoms with Gasteiger partial charge in [-0.05, 0) is 25.8 Å². The van der Waals surface area contributed by atoms with E-state index in [1.807, 2.05) is 6.92 Å². The normalized spacial score (nSPS) is 17.2. The largest absolute Gasteiger partial charge is 0.381 e. The highest BCUT2D eigenvalue weighted by atomic mass is 16.5. The molecule has 18 heavy (non-hydrogen) atoms. The number of ether oxygens (including phenoxy) is 1. The SMILES string of the molecule is CCOCC1(CNC(=O)c2ccnn2C)CCC1. The molecular formula is C13H21N3O2. The summed E-state index contributed by atoms with van der Waals surface area (Å²) in [6, 6.07) is 1.73. The Balaban J connectivity index is 1.87. The van der Waals surface area contributed by atoms with E-state index in [0.29, 0.717) is 12.2 Å². The third kappa shape index (κ3) is 2.72. The standard InChI is InChI=1S/C13H21N3O2/c1-3-18-10-13(6-4-7-13)9-14-12(17)11-5-8-15-16(11)2/h5,8H,3-4,6-7,9-10H2,1-2H3,(H,14,17). The maximum atomic E-state index is 12.0. The number of carbonyl (C=O) groups excluding carboxylic acids is 1. The van der Waals surface area contributed by atoms with Crippen LogP contribution in [0, 0.1) is 5.41 Å². The lowest BCUT2D eigenvalue weighted by atomic mass is 9.69. The average molecular weight is 251 g/mol. The first-order chi connectivity index (χ1) is 8.67. The Labute approximate surface area is 108 Å². The molecule has 0 aliphatic heterocycles. The van der Waals surface area contributed by atoms with E-state index in [9.17, 15) is 4.79 Å². The van der Waals surface area contributed by atoms with Crippen LogP contribution in [-0.4, -0.2) is 35.4 Å². The van der Waals surface area contributed by atoms with Crippen molar-refractivity contribution in [1.82, 2.24) is 15.1 Å². The summed E-state index contributed by atoms with van der Waals surface area (Å²) in [6.45, 7) is 4.17. The van der Waals surface area contributed by atoms with Gasteiger partial charge in [0.15, 0.2) is 0 Å². The summed E-state index contributed by atoms with van der Waals surface area (Å²) >= 11 is 0. The van der Waals surface area contributed by atoms with Crippen LogP contribution in [0.1, 0.15) is 36.7 Å². The van der Waals surface area contributed by atoms with E-state index in [1.165, 1.54) is 6.42 Å². The van der Waals surface area contributed by atoms with Gasteiger partial charge >= 0.3 is 0 Å². The van der Waals surface area contributed by atoms with Crippen LogP contribution in [0.15, 0.2) is 12.3 Å². The lowest BCUT2D eigenvalue weighted by Crippen LogP contribution is -2.45. The molecule has 1 aliphatic carbocycles. The van der Waals surface area contributed by atoms with E-state index in [0.717, 1.165) is 26.1 Å². The molecule has 5 heteroatoms. The summed E-state index contributed by atoms with van der Waals surface area (Å²) in [4.78, 5) is 12.0. The van der Waals surface area contributed by atoms with Gasteiger partial charge in [0.1, 0.15) is 5.69 Å². The van der Waals surface area contributed by atoms with Crippen molar-refractivity contribution in [2.45, 2.75) is 26.2 Å².